The van der Waals surface area contributed by atoms with Crippen LogP contribution in [0.3, 0.4) is 0 Å². The van der Waals surface area contributed by atoms with Gasteiger partial charge in [0.1, 0.15) is 11.5 Å². The van der Waals surface area contributed by atoms with Crippen molar-refractivity contribution >= 4 is 126 Å². The predicted octanol–water partition coefficient (Wildman–Crippen LogP) is 15.4. The molecule has 0 bridgehead atoms. The molecular weight excluding hydrogens is 1010 g/mol. The highest BCUT2D eigenvalue weighted by atomic mass is 16.5. The fraction of sp³-hybridized carbons (Fsp3) is 0.0400. The number of rotatable bonds is 9. The Hall–Kier alpha value is -10.4. The van der Waals surface area contributed by atoms with Crippen LogP contribution in [0.1, 0.15) is 12.0 Å². The Morgan fingerprint density at radius 3 is 1.46 bits per heavy atom. The number of anilines is 14. The largest absolute Gasteiger partial charge is 0.458 e. The summed E-state index contributed by atoms with van der Waals surface area (Å²) in [6.07, 6.45) is 1.88. The van der Waals surface area contributed by atoms with Crippen LogP contribution in [0.25, 0.3) is 11.1 Å². The lowest BCUT2D eigenvalue weighted by molar-refractivity contribution is 0.487. The molecule has 0 amide bonds. The number of nitrogens with zero attached hydrogens (tertiary/aromatic N) is 5. The van der Waals surface area contributed by atoms with E-state index in [9.17, 15) is 0 Å². The molecule has 5 aliphatic rings. The Morgan fingerprint density at radius 2 is 0.819 bits per heavy atom. The van der Waals surface area contributed by atoms with E-state index in [2.05, 4.69) is 310 Å². The summed E-state index contributed by atoms with van der Waals surface area (Å²) in [5, 5.41) is 0. The third kappa shape index (κ3) is 7.39. The van der Waals surface area contributed by atoms with Gasteiger partial charge in [0, 0.05) is 80.7 Å². The van der Waals surface area contributed by atoms with Gasteiger partial charge in [0.15, 0.2) is 0 Å². The lowest BCUT2D eigenvalue weighted by Crippen LogP contribution is -2.65. The number of benzene rings is 12. The molecule has 0 unspecified atom stereocenters. The first-order chi connectivity index (χ1) is 41.2. The average Bonchev–Trinajstić information content (AvgIpc) is 3.53. The lowest BCUT2D eigenvalue weighted by atomic mass is 9.30. The van der Waals surface area contributed by atoms with Crippen molar-refractivity contribution in [3.8, 4) is 22.6 Å². The molecule has 8 heteroatoms. The van der Waals surface area contributed by atoms with Gasteiger partial charge in [-0.15, -0.1) is 0 Å². The molecule has 0 radical (unpaired) electrons. The second kappa shape index (κ2) is 19.1. The van der Waals surface area contributed by atoms with E-state index < -0.39 is 0 Å². The summed E-state index contributed by atoms with van der Waals surface area (Å²) >= 11 is 0. The van der Waals surface area contributed by atoms with E-state index in [-0.39, 0.29) is 13.4 Å². The predicted molar refractivity (Wildman–Crippen MR) is 348 cm³/mol. The van der Waals surface area contributed by atoms with Gasteiger partial charge >= 0.3 is 0 Å². The summed E-state index contributed by atoms with van der Waals surface area (Å²) < 4.78 is 7.34. The van der Waals surface area contributed by atoms with Crippen molar-refractivity contribution in [1.82, 2.24) is 0 Å². The van der Waals surface area contributed by atoms with Crippen molar-refractivity contribution in [3.63, 3.8) is 0 Å². The first-order valence-electron chi connectivity index (χ1n) is 29.0. The van der Waals surface area contributed by atoms with E-state index in [1.807, 2.05) is 0 Å². The van der Waals surface area contributed by atoms with Gasteiger partial charge in [-0.3, -0.25) is 0 Å². The van der Waals surface area contributed by atoms with E-state index in [4.69, 9.17) is 4.74 Å². The zero-order valence-electron chi connectivity index (χ0n) is 45.6. The van der Waals surface area contributed by atoms with E-state index in [1.54, 1.807) is 0 Å². The third-order valence-electron chi connectivity index (χ3n) is 17.7. The van der Waals surface area contributed by atoms with Crippen molar-refractivity contribution < 1.29 is 4.74 Å². The minimum atomic E-state index is -0.138. The quantitative estimate of drug-likeness (QED) is 0.134. The SMILES string of the molecule is c1ccc(-c2ccccc2N2c3cc(N(c4ccccc4)c4ccccc4)cc4c3B(c3ccccc3O4)c3cc4c5c(c32)CCCN5c2cc(N(c3ccccc3)c3ccccc3)cc3c2B4c2ccccc2N3c2ccccc2)cc1. The number of ether oxygens (including phenoxy) is 1. The number of para-hydroxylation sites is 8. The average molecular weight is 1060 g/mol. The highest BCUT2D eigenvalue weighted by molar-refractivity contribution is 7.02. The van der Waals surface area contributed by atoms with Crippen LogP contribution < -0.4 is 62.0 Å². The van der Waals surface area contributed by atoms with Crippen LogP contribution in [0.15, 0.2) is 285 Å². The molecule has 6 nitrogen and oxygen atoms in total. The van der Waals surface area contributed by atoms with Gasteiger partial charge < -0.3 is 29.2 Å². The normalized spacial score (nSPS) is 13.6. The minimum Gasteiger partial charge on any atom is -0.458 e. The smallest absolute Gasteiger partial charge is 0.256 e. The molecule has 83 heavy (non-hydrogen) atoms. The number of hydrogen-bond donors (Lipinski definition) is 0. The fourth-order valence-electron chi connectivity index (χ4n) is 14.4. The summed E-state index contributed by atoms with van der Waals surface area (Å²) in [6, 6.07) is 105. The molecule has 12 aromatic carbocycles. The molecule has 0 fully saturated rings. The minimum absolute atomic E-state index is 0.0748. The Bertz CT molecular complexity index is 4410. The zero-order valence-corrected chi connectivity index (χ0v) is 45.6. The van der Waals surface area contributed by atoms with Crippen LogP contribution in [0, 0.1) is 0 Å². The molecule has 0 aromatic heterocycles. The molecule has 0 saturated heterocycles. The van der Waals surface area contributed by atoms with Crippen LogP contribution in [-0.4, -0.2) is 20.0 Å². The maximum atomic E-state index is 7.34. The molecule has 0 N–H and O–H groups in total. The van der Waals surface area contributed by atoms with Crippen molar-refractivity contribution in [2.24, 2.45) is 0 Å². The van der Waals surface area contributed by atoms with E-state index in [0.29, 0.717) is 0 Å². The van der Waals surface area contributed by atoms with Gasteiger partial charge in [-0.1, -0.05) is 182 Å². The monoisotopic (exact) mass is 1060 g/mol. The Morgan fingerprint density at radius 1 is 0.337 bits per heavy atom. The molecule has 0 spiro atoms. The van der Waals surface area contributed by atoms with Crippen molar-refractivity contribution in [2.45, 2.75) is 12.8 Å². The van der Waals surface area contributed by atoms with Gasteiger partial charge in [0.05, 0.1) is 17.1 Å². The summed E-state index contributed by atoms with van der Waals surface area (Å²) in [6.45, 7) is 0.662. The molecule has 5 aliphatic heterocycles. The Kier molecular flexibility index (Phi) is 10.9. The van der Waals surface area contributed by atoms with E-state index >= 15 is 0 Å². The number of fused-ring (bicyclic) bond motifs is 9. The fourth-order valence-corrected chi connectivity index (χ4v) is 14.4. The molecule has 0 aliphatic carbocycles. The first kappa shape index (κ1) is 47.4. The van der Waals surface area contributed by atoms with Crippen LogP contribution >= 0.6 is 0 Å². The summed E-state index contributed by atoms with van der Waals surface area (Å²) in [5.74, 6) is 1.75. The summed E-state index contributed by atoms with van der Waals surface area (Å²) in [4.78, 5) is 12.7. The molecule has 12 aromatic rings. The molecule has 0 saturated carbocycles. The van der Waals surface area contributed by atoms with Crippen LogP contribution in [0.4, 0.5) is 79.6 Å². The maximum absolute atomic E-state index is 7.34. The molecular formula is C75H53B2N5O. The highest BCUT2D eigenvalue weighted by Crippen LogP contribution is 2.53. The summed E-state index contributed by atoms with van der Waals surface area (Å²) in [5.41, 5.74) is 27.4. The van der Waals surface area contributed by atoms with Gasteiger partial charge in [0.2, 0.25) is 0 Å². The first-order valence-corrected chi connectivity index (χ1v) is 29.0. The van der Waals surface area contributed by atoms with Crippen LogP contribution in [0.2, 0.25) is 0 Å². The molecule has 0 atom stereocenters. The van der Waals surface area contributed by atoms with Crippen molar-refractivity contribution in [3.05, 3.63) is 291 Å². The maximum Gasteiger partial charge on any atom is 0.256 e. The lowest BCUT2D eigenvalue weighted by Gasteiger charge is -2.49. The van der Waals surface area contributed by atoms with Crippen molar-refractivity contribution in [1.29, 1.82) is 0 Å². The molecule has 5 heterocycles. The van der Waals surface area contributed by atoms with E-state index in [0.717, 1.165) is 87.6 Å². The van der Waals surface area contributed by atoms with Gasteiger partial charge in [0.25, 0.3) is 13.4 Å². The second-order valence-corrected chi connectivity index (χ2v) is 22.2. The Labute approximate surface area is 485 Å². The topological polar surface area (TPSA) is 25.4 Å². The standard InChI is InChI=1S/C75H53B2N5O/c1-7-26-51(27-8-1)59-38-19-22-42-65(59)82-69-48-58(80(54-32-13-4-14-33-54)55-34-15-5-16-35-55)49-71-73(69)77(62-41-21-24-44-70(62)83-71)64-50-63-74-60(75(64)82)39-25-45-78(74)67-46-57(79(52-28-9-2-10-29-52)53-30-11-3-12-31-53)47-68-72(67)76(63)61-40-20-23-43-66(61)81(68)56-36-17-6-18-37-56/h1-24,26-38,40-44,46-50H,25,39,45H2. The van der Waals surface area contributed by atoms with Crippen molar-refractivity contribution in [2.75, 3.05) is 31.0 Å². The van der Waals surface area contributed by atoms with Gasteiger partial charge in [-0.2, -0.15) is 0 Å². The highest BCUT2D eigenvalue weighted by Gasteiger charge is 2.50. The third-order valence-corrected chi connectivity index (χ3v) is 17.7. The van der Waals surface area contributed by atoms with E-state index in [1.165, 1.54) is 72.3 Å². The zero-order chi connectivity index (χ0) is 54.5. The van der Waals surface area contributed by atoms with Gasteiger partial charge in [-0.05, 0) is 154 Å². The molecule has 17 rings (SSSR count). The Balaban J connectivity index is 0.986. The van der Waals surface area contributed by atoms with Crippen LogP contribution in [0.5, 0.6) is 11.5 Å². The summed E-state index contributed by atoms with van der Waals surface area (Å²) in [7, 11) is 0. The second-order valence-electron chi connectivity index (χ2n) is 22.2. The number of hydrogen-bond acceptors (Lipinski definition) is 6. The van der Waals surface area contributed by atoms with Gasteiger partial charge in [-0.25, -0.2) is 0 Å². The van der Waals surface area contributed by atoms with Crippen LogP contribution in [-0.2, 0) is 6.42 Å². The molecule has 390 valence electrons.